The zero-order chi connectivity index (χ0) is 25.8. The van der Waals surface area contributed by atoms with Crippen molar-refractivity contribution in [2.24, 2.45) is 4.99 Å². The highest BCUT2D eigenvalue weighted by atomic mass is 16.2. The van der Waals surface area contributed by atoms with Crippen molar-refractivity contribution in [3.63, 3.8) is 0 Å². The number of likely N-dealkylation sites (tertiary alicyclic amines) is 1. The third-order valence-corrected chi connectivity index (χ3v) is 7.35. The fourth-order valence-electron chi connectivity index (χ4n) is 5.13. The molecule has 6 nitrogen and oxygen atoms in total. The Morgan fingerprint density at radius 1 is 1.00 bits per heavy atom. The molecular weight excluding hydrogens is 460 g/mol. The molecule has 0 bridgehead atoms. The van der Waals surface area contributed by atoms with Crippen molar-refractivity contribution in [1.82, 2.24) is 9.80 Å². The van der Waals surface area contributed by atoms with Gasteiger partial charge in [0.15, 0.2) is 0 Å². The number of carbonyl (C=O) groups is 2. The van der Waals surface area contributed by atoms with Crippen LogP contribution in [0.4, 0.5) is 5.69 Å². The molecule has 0 aromatic heterocycles. The van der Waals surface area contributed by atoms with Gasteiger partial charge in [0.2, 0.25) is 0 Å². The average Bonchev–Trinajstić information content (AvgIpc) is 3.27. The summed E-state index contributed by atoms with van der Waals surface area (Å²) in [5.74, 6) is -0.352. The number of carbonyl (C=O) groups excluding carboxylic acids is 2. The summed E-state index contributed by atoms with van der Waals surface area (Å²) in [5.41, 5.74) is 4.36. The summed E-state index contributed by atoms with van der Waals surface area (Å²) in [6.45, 7) is 5.85. The monoisotopic (exact) mass is 494 g/mol. The Kier molecular flexibility index (Phi) is 7.47. The van der Waals surface area contributed by atoms with Gasteiger partial charge in [-0.25, -0.2) is 4.99 Å². The summed E-state index contributed by atoms with van der Waals surface area (Å²) in [5, 5.41) is 4.92. The number of anilines is 1. The smallest absolute Gasteiger partial charge is 0.276 e. The molecule has 5 rings (SSSR count). The van der Waals surface area contributed by atoms with Gasteiger partial charge in [-0.2, -0.15) is 0 Å². The first-order chi connectivity index (χ1) is 18.0. The number of rotatable bonds is 8. The van der Waals surface area contributed by atoms with Gasteiger partial charge in [0.05, 0.1) is 17.0 Å². The molecule has 1 fully saturated rings. The second-order valence-electron chi connectivity index (χ2n) is 9.90. The number of hydrogen-bond donors (Lipinski definition) is 1. The molecular formula is C31H34N4O2. The molecule has 0 saturated carbocycles. The molecule has 0 spiro atoms. The summed E-state index contributed by atoms with van der Waals surface area (Å²) < 4.78 is 0. The average molecular weight is 495 g/mol. The van der Waals surface area contributed by atoms with E-state index in [2.05, 4.69) is 39.5 Å². The largest absolute Gasteiger partial charge is 0.374 e. The summed E-state index contributed by atoms with van der Waals surface area (Å²) in [7, 11) is 1.77. The fraction of sp³-hybridized carbons (Fsp3) is 0.323. The number of hydrogen-bond acceptors (Lipinski definition) is 4. The first-order valence-electron chi connectivity index (χ1n) is 13.2. The lowest BCUT2D eigenvalue weighted by Gasteiger charge is -2.26. The van der Waals surface area contributed by atoms with Gasteiger partial charge < -0.3 is 10.2 Å². The van der Waals surface area contributed by atoms with E-state index in [1.165, 1.54) is 37.9 Å². The van der Waals surface area contributed by atoms with Crippen molar-refractivity contribution in [1.29, 1.82) is 0 Å². The van der Waals surface area contributed by atoms with Crippen LogP contribution in [0, 0.1) is 0 Å². The van der Waals surface area contributed by atoms with Crippen LogP contribution in [0.2, 0.25) is 0 Å². The predicted molar refractivity (Wildman–Crippen MR) is 147 cm³/mol. The van der Waals surface area contributed by atoms with Crippen LogP contribution in [0.25, 0.3) is 5.57 Å². The lowest BCUT2D eigenvalue weighted by atomic mass is 9.96. The maximum Gasteiger partial charge on any atom is 0.276 e. The molecule has 3 aromatic rings. The first kappa shape index (κ1) is 24.9. The minimum atomic E-state index is -0.369. The Morgan fingerprint density at radius 2 is 1.73 bits per heavy atom. The van der Waals surface area contributed by atoms with E-state index >= 15 is 0 Å². The molecule has 1 N–H and O–H groups in total. The molecule has 0 radical (unpaired) electrons. The Hall–Kier alpha value is -3.77. The van der Waals surface area contributed by atoms with E-state index in [-0.39, 0.29) is 17.9 Å². The highest BCUT2D eigenvalue weighted by Gasteiger charge is 2.27. The quantitative estimate of drug-likeness (QED) is 0.516. The molecule has 190 valence electrons. The predicted octanol–water partition coefficient (Wildman–Crippen LogP) is 3.93. The van der Waals surface area contributed by atoms with Gasteiger partial charge >= 0.3 is 0 Å². The molecule has 2 heterocycles. The standard InChI is InChI=1S/C31H34N4O2/c1-3-34(2)31(37)24-14-17-26-27(20-24)33-30(36)28(26)29(23-10-6-4-7-11-23)32-25-15-12-22(13-16-25)21-35-18-8-5-9-19-35/h4,6-7,10-17,20,29,32H,3,5,8-9,18-19,21H2,1-2H3. The maximum atomic E-state index is 13.2. The van der Waals surface area contributed by atoms with Crippen molar-refractivity contribution < 1.29 is 9.59 Å². The molecule has 3 aromatic carbocycles. The molecule has 2 aliphatic heterocycles. The number of nitrogens with zero attached hydrogens (tertiary/aromatic N) is 3. The zero-order valence-corrected chi connectivity index (χ0v) is 21.6. The zero-order valence-electron chi connectivity index (χ0n) is 21.6. The van der Waals surface area contributed by atoms with Crippen LogP contribution in [0.15, 0.2) is 77.8 Å². The summed E-state index contributed by atoms with van der Waals surface area (Å²) in [6, 6.07) is 23.5. The van der Waals surface area contributed by atoms with Crippen LogP contribution in [-0.4, -0.2) is 48.3 Å². The van der Waals surface area contributed by atoms with Gasteiger partial charge in [0.1, 0.15) is 0 Å². The van der Waals surface area contributed by atoms with E-state index in [0.717, 1.165) is 23.0 Å². The lowest BCUT2D eigenvalue weighted by Crippen LogP contribution is -2.31. The minimum Gasteiger partial charge on any atom is -0.374 e. The van der Waals surface area contributed by atoms with Crippen molar-refractivity contribution in [2.45, 2.75) is 38.8 Å². The SMILES string of the molecule is CCN(C)C(=O)c1ccc2c(c1)=NC(=O)C=2C(Nc1ccc(CN2CCCCC2)cc1)c1ccccc1. The molecule has 2 aliphatic rings. The second-order valence-corrected chi connectivity index (χ2v) is 9.90. The topological polar surface area (TPSA) is 65.0 Å². The van der Waals surface area contributed by atoms with E-state index in [9.17, 15) is 9.59 Å². The van der Waals surface area contributed by atoms with Crippen LogP contribution in [0.5, 0.6) is 0 Å². The van der Waals surface area contributed by atoms with E-state index in [1.54, 1.807) is 24.1 Å². The number of amides is 2. The van der Waals surface area contributed by atoms with Crippen LogP contribution < -0.4 is 15.9 Å². The van der Waals surface area contributed by atoms with E-state index in [4.69, 9.17) is 0 Å². The van der Waals surface area contributed by atoms with Gasteiger partial charge in [-0.3, -0.25) is 14.5 Å². The van der Waals surface area contributed by atoms with Crippen LogP contribution in [-0.2, 0) is 11.3 Å². The van der Waals surface area contributed by atoms with Crippen molar-refractivity contribution >= 4 is 23.1 Å². The molecule has 37 heavy (non-hydrogen) atoms. The Balaban J connectivity index is 1.46. The summed E-state index contributed by atoms with van der Waals surface area (Å²) in [4.78, 5) is 34.4. The normalized spacial score (nSPS) is 16.2. The summed E-state index contributed by atoms with van der Waals surface area (Å²) >= 11 is 0. The third kappa shape index (κ3) is 5.49. The van der Waals surface area contributed by atoms with Gasteiger partial charge in [0.25, 0.3) is 11.8 Å². The summed E-state index contributed by atoms with van der Waals surface area (Å²) in [6.07, 6.45) is 3.89. The van der Waals surface area contributed by atoms with Crippen LogP contribution in [0.1, 0.15) is 53.7 Å². The van der Waals surface area contributed by atoms with Gasteiger partial charge in [-0.05, 0) is 68.2 Å². The van der Waals surface area contributed by atoms with Crippen LogP contribution in [0.3, 0.4) is 0 Å². The number of benzene rings is 3. The van der Waals surface area contributed by atoms with Crippen LogP contribution >= 0.6 is 0 Å². The fourth-order valence-corrected chi connectivity index (χ4v) is 5.13. The van der Waals surface area contributed by atoms with E-state index in [1.807, 2.05) is 43.3 Å². The molecule has 1 atom stereocenters. The van der Waals surface area contributed by atoms with Gasteiger partial charge in [0, 0.05) is 36.6 Å². The molecule has 2 amide bonds. The van der Waals surface area contributed by atoms with Crippen molar-refractivity contribution in [3.05, 3.63) is 100 Å². The number of piperidine rings is 1. The lowest BCUT2D eigenvalue weighted by molar-refractivity contribution is -0.112. The number of nitrogens with one attached hydrogen (secondary N) is 1. The Morgan fingerprint density at radius 3 is 2.43 bits per heavy atom. The van der Waals surface area contributed by atoms with E-state index < -0.39 is 0 Å². The highest BCUT2D eigenvalue weighted by molar-refractivity contribution is 6.17. The van der Waals surface area contributed by atoms with E-state index in [0.29, 0.717) is 23.0 Å². The van der Waals surface area contributed by atoms with Crippen molar-refractivity contribution in [2.75, 3.05) is 32.0 Å². The third-order valence-electron chi connectivity index (χ3n) is 7.35. The minimum absolute atomic E-state index is 0.0798. The molecule has 1 unspecified atom stereocenters. The molecule has 1 saturated heterocycles. The Labute approximate surface area is 218 Å². The molecule has 0 aliphatic carbocycles. The van der Waals surface area contributed by atoms with Crippen molar-refractivity contribution in [3.8, 4) is 0 Å². The Bertz CT molecular complexity index is 1390. The second kappa shape index (κ2) is 11.1. The van der Waals surface area contributed by atoms with Gasteiger partial charge in [-0.15, -0.1) is 0 Å². The highest BCUT2D eigenvalue weighted by Crippen LogP contribution is 2.29. The van der Waals surface area contributed by atoms with Gasteiger partial charge in [-0.1, -0.05) is 55.0 Å². The maximum absolute atomic E-state index is 13.2. The molecule has 6 heteroatoms. The number of fused-ring (bicyclic) bond motifs is 1. The first-order valence-corrected chi connectivity index (χ1v) is 13.2.